The van der Waals surface area contributed by atoms with E-state index in [9.17, 15) is 4.79 Å². The summed E-state index contributed by atoms with van der Waals surface area (Å²) in [6.07, 6.45) is 1.79. The molecule has 0 aliphatic carbocycles. The number of pyridine rings is 1. The summed E-state index contributed by atoms with van der Waals surface area (Å²) in [5.74, 6) is 1.01. The molecule has 2 aromatic rings. The van der Waals surface area contributed by atoms with Crippen LogP contribution in [0.25, 0.3) is 11.3 Å². The number of aryl methyl sites for hydroxylation is 1. The fraction of sp³-hybridized carbons (Fsp3) is 0.478. The van der Waals surface area contributed by atoms with Gasteiger partial charge in [-0.2, -0.15) is 0 Å². The smallest absolute Gasteiger partial charge is 0.410 e. The van der Waals surface area contributed by atoms with Crippen molar-refractivity contribution >= 4 is 11.8 Å². The Morgan fingerprint density at radius 2 is 1.79 bits per heavy atom. The summed E-state index contributed by atoms with van der Waals surface area (Å²) >= 11 is 0. The first-order chi connectivity index (χ1) is 13.3. The van der Waals surface area contributed by atoms with Gasteiger partial charge in [0.1, 0.15) is 5.60 Å². The van der Waals surface area contributed by atoms with E-state index < -0.39 is 5.60 Å². The molecule has 2 aliphatic rings. The predicted octanol–water partition coefficient (Wildman–Crippen LogP) is 4.36. The number of rotatable bonds is 2. The summed E-state index contributed by atoms with van der Waals surface area (Å²) in [6.45, 7) is 11.3. The van der Waals surface area contributed by atoms with Crippen molar-refractivity contribution in [3.8, 4) is 11.3 Å². The van der Waals surface area contributed by atoms with Gasteiger partial charge in [-0.25, -0.2) is 4.79 Å². The molecule has 0 N–H and O–H groups in total. The third kappa shape index (κ3) is 3.98. The SMILES string of the molecule is Cc1cccc(-c2ccc(N3C[C@H]4CN(C(=O)OC(C)(C)C)C[C@H]4C3)cn2)c1. The average Bonchev–Trinajstić information content (AvgIpc) is 3.19. The van der Waals surface area contributed by atoms with Crippen molar-refractivity contribution in [2.24, 2.45) is 11.8 Å². The van der Waals surface area contributed by atoms with Gasteiger partial charge >= 0.3 is 6.09 Å². The van der Waals surface area contributed by atoms with E-state index in [4.69, 9.17) is 4.74 Å². The van der Waals surface area contributed by atoms with Crippen molar-refractivity contribution in [2.45, 2.75) is 33.3 Å². The van der Waals surface area contributed by atoms with Crippen LogP contribution < -0.4 is 4.90 Å². The van der Waals surface area contributed by atoms with Gasteiger partial charge in [0.05, 0.1) is 17.6 Å². The number of aromatic nitrogens is 1. The van der Waals surface area contributed by atoms with Crippen LogP contribution in [0.15, 0.2) is 42.6 Å². The molecule has 1 aromatic carbocycles. The van der Waals surface area contributed by atoms with Gasteiger partial charge in [0.2, 0.25) is 0 Å². The zero-order valence-corrected chi connectivity index (χ0v) is 17.2. The number of anilines is 1. The van der Waals surface area contributed by atoms with E-state index in [0.29, 0.717) is 11.8 Å². The molecule has 0 radical (unpaired) electrons. The van der Waals surface area contributed by atoms with Gasteiger partial charge in [0.15, 0.2) is 0 Å². The van der Waals surface area contributed by atoms with Gasteiger partial charge in [-0.1, -0.05) is 23.8 Å². The van der Waals surface area contributed by atoms with Crippen molar-refractivity contribution in [3.63, 3.8) is 0 Å². The van der Waals surface area contributed by atoms with Crippen molar-refractivity contribution in [2.75, 3.05) is 31.1 Å². The molecule has 0 saturated carbocycles. The Kier molecular flexibility index (Phi) is 4.77. The maximum atomic E-state index is 12.3. The van der Waals surface area contributed by atoms with E-state index in [1.165, 1.54) is 5.56 Å². The molecular formula is C23H29N3O2. The molecule has 2 atom stereocenters. The predicted molar refractivity (Wildman–Crippen MR) is 111 cm³/mol. The number of benzene rings is 1. The molecule has 4 rings (SSSR count). The summed E-state index contributed by atoms with van der Waals surface area (Å²) < 4.78 is 5.53. The highest BCUT2D eigenvalue weighted by Crippen LogP contribution is 2.34. The summed E-state index contributed by atoms with van der Waals surface area (Å²) in [5, 5.41) is 0. The molecule has 5 heteroatoms. The highest BCUT2D eigenvalue weighted by Gasteiger charge is 2.42. The lowest BCUT2D eigenvalue weighted by Gasteiger charge is -2.26. The number of ether oxygens (including phenoxy) is 1. The molecular weight excluding hydrogens is 350 g/mol. The van der Waals surface area contributed by atoms with Crippen LogP contribution in [0.1, 0.15) is 26.3 Å². The maximum Gasteiger partial charge on any atom is 0.410 e. The third-order valence-corrected chi connectivity index (χ3v) is 5.56. The molecule has 1 aromatic heterocycles. The molecule has 2 saturated heterocycles. The third-order valence-electron chi connectivity index (χ3n) is 5.56. The molecule has 0 spiro atoms. The largest absolute Gasteiger partial charge is 0.444 e. The van der Waals surface area contributed by atoms with Gasteiger partial charge in [-0.15, -0.1) is 0 Å². The highest BCUT2D eigenvalue weighted by atomic mass is 16.6. The number of hydrogen-bond donors (Lipinski definition) is 0. The summed E-state index contributed by atoms with van der Waals surface area (Å²) in [5.41, 5.74) is 4.12. The monoisotopic (exact) mass is 379 g/mol. The molecule has 2 aliphatic heterocycles. The Labute approximate surface area is 167 Å². The Hall–Kier alpha value is -2.56. The van der Waals surface area contributed by atoms with Crippen molar-refractivity contribution in [1.29, 1.82) is 0 Å². The fourth-order valence-electron chi connectivity index (χ4n) is 4.23. The minimum Gasteiger partial charge on any atom is -0.444 e. The lowest BCUT2D eigenvalue weighted by molar-refractivity contribution is 0.0282. The molecule has 0 bridgehead atoms. The second kappa shape index (κ2) is 7.12. The number of likely N-dealkylation sites (tertiary alicyclic amines) is 1. The second-order valence-corrected chi connectivity index (χ2v) is 9.08. The van der Waals surface area contributed by atoms with Crippen LogP contribution in [0.2, 0.25) is 0 Å². The molecule has 5 nitrogen and oxygen atoms in total. The standard InChI is InChI=1S/C23H29N3O2/c1-16-6-5-7-17(10-16)21-9-8-20(11-24-21)25-12-18-14-26(15-19(18)13-25)22(27)28-23(2,3)4/h5-11,18-19H,12-15H2,1-4H3/t18-,19+. The first-order valence-corrected chi connectivity index (χ1v) is 10.0. The fourth-order valence-corrected chi connectivity index (χ4v) is 4.23. The molecule has 2 fully saturated rings. The number of carbonyl (C=O) groups excluding carboxylic acids is 1. The lowest BCUT2D eigenvalue weighted by atomic mass is 10.0. The van der Waals surface area contributed by atoms with Crippen LogP contribution in [0, 0.1) is 18.8 Å². The van der Waals surface area contributed by atoms with E-state index in [-0.39, 0.29) is 6.09 Å². The van der Waals surface area contributed by atoms with Gasteiger partial charge in [0.25, 0.3) is 0 Å². The van der Waals surface area contributed by atoms with Crippen LogP contribution in [-0.4, -0.2) is 47.8 Å². The topological polar surface area (TPSA) is 45.7 Å². The number of nitrogens with zero attached hydrogens (tertiary/aromatic N) is 3. The second-order valence-electron chi connectivity index (χ2n) is 9.08. The first-order valence-electron chi connectivity index (χ1n) is 10.0. The van der Waals surface area contributed by atoms with E-state index in [0.717, 1.165) is 43.1 Å². The lowest BCUT2D eigenvalue weighted by Crippen LogP contribution is -2.37. The van der Waals surface area contributed by atoms with Crippen molar-refractivity contribution in [1.82, 2.24) is 9.88 Å². The normalized spacial score (nSPS) is 21.7. The molecule has 1 amide bonds. The minimum atomic E-state index is -0.439. The average molecular weight is 380 g/mol. The number of carbonyl (C=O) groups is 1. The minimum absolute atomic E-state index is 0.183. The summed E-state index contributed by atoms with van der Waals surface area (Å²) in [4.78, 5) is 21.3. The summed E-state index contributed by atoms with van der Waals surface area (Å²) in [7, 11) is 0. The zero-order chi connectivity index (χ0) is 19.9. The van der Waals surface area contributed by atoms with E-state index in [2.05, 4.69) is 53.2 Å². The molecule has 0 unspecified atom stereocenters. The van der Waals surface area contributed by atoms with Gasteiger partial charge in [0, 0.05) is 43.6 Å². The Morgan fingerprint density at radius 3 is 2.36 bits per heavy atom. The molecule has 3 heterocycles. The Morgan fingerprint density at radius 1 is 1.07 bits per heavy atom. The van der Waals surface area contributed by atoms with Crippen LogP contribution in [-0.2, 0) is 4.74 Å². The zero-order valence-electron chi connectivity index (χ0n) is 17.2. The van der Waals surface area contributed by atoms with Crippen molar-refractivity contribution < 1.29 is 9.53 Å². The number of hydrogen-bond acceptors (Lipinski definition) is 4. The van der Waals surface area contributed by atoms with E-state index >= 15 is 0 Å². The molecule has 148 valence electrons. The first kappa shape index (κ1) is 18.8. The maximum absolute atomic E-state index is 12.3. The Balaban J connectivity index is 1.38. The van der Waals surface area contributed by atoms with Crippen molar-refractivity contribution in [3.05, 3.63) is 48.2 Å². The van der Waals surface area contributed by atoms with E-state index in [1.54, 1.807) is 0 Å². The summed E-state index contributed by atoms with van der Waals surface area (Å²) in [6, 6.07) is 12.7. The van der Waals surface area contributed by atoms with Crippen LogP contribution in [0.5, 0.6) is 0 Å². The van der Waals surface area contributed by atoms with Crippen LogP contribution in [0.3, 0.4) is 0 Å². The van der Waals surface area contributed by atoms with Crippen LogP contribution >= 0.6 is 0 Å². The van der Waals surface area contributed by atoms with Crippen LogP contribution in [0.4, 0.5) is 10.5 Å². The number of amides is 1. The van der Waals surface area contributed by atoms with Gasteiger partial charge < -0.3 is 14.5 Å². The van der Waals surface area contributed by atoms with E-state index in [1.807, 2.05) is 31.9 Å². The van der Waals surface area contributed by atoms with Gasteiger partial charge in [-0.3, -0.25) is 4.98 Å². The van der Waals surface area contributed by atoms with Gasteiger partial charge in [-0.05, 0) is 45.9 Å². The highest BCUT2D eigenvalue weighted by molar-refractivity contribution is 5.69. The quantitative estimate of drug-likeness (QED) is 0.778. The number of fused-ring (bicyclic) bond motifs is 1. The molecule has 28 heavy (non-hydrogen) atoms. The Bertz CT molecular complexity index is 843.